The van der Waals surface area contributed by atoms with E-state index in [1.165, 1.54) is 0 Å². The number of benzene rings is 1. The highest BCUT2D eigenvalue weighted by Gasteiger charge is 2.16. The first-order valence-corrected chi connectivity index (χ1v) is 9.53. The van der Waals surface area contributed by atoms with Gasteiger partial charge in [0, 0.05) is 30.2 Å². The lowest BCUT2D eigenvalue weighted by Crippen LogP contribution is -2.33. The highest BCUT2D eigenvalue weighted by atomic mass is 16.6. The number of aryl methyl sites for hydroxylation is 1. The molecule has 0 unspecified atom stereocenters. The Kier molecular flexibility index (Phi) is 7.28. The summed E-state index contributed by atoms with van der Waals surface area (Å²) < 4.78 is 12.5. The van der Waals surface area contributed by atoms with Gasteiger partial charge in [-0.2, -0.15) is 0 Å². The van der Waals surface area contributed by atoms with Crippen LogP contribution in [0.1, 0.15) is 57.3 Å². The summed E-state index contributed by atoms with van der Waals surface area (Å²) in [6, 6.07) is 7.86. The number of esters is 1. The number of fused-ring (bicyclic) bond motifs is 1. The van der Waals surface area contributed by atoms with Gasteiger partial charge in [0.1, 0.15) is 5.60 Å². The van der Waals surface area contributed by atoms with E-state index in [4.69, 9.17) is 9.47 Å². The third kappa shape index (κ3) is 6.31. The lowest BCUT2D eigenvalue weighted by atomic mass is 10.2. The highest BCUT2D eigenvalue weighted by molar-refractivity contribution is 6.04. The molecule has 2 rings (SSSR count). The molecule has 2 aromatic rings. The van der Waals surface area contributed by atoms with E-state index in [2.05, 4.69) is 9.88 Å². The quantitative estimate of drug-likeness (QED) is 0.545. The Morgan fingerprint density at radius 3 is 2.56 bits per heavy atom. The molecular weight excluding hydrogens is 344 g/mol. The van der Waals surface area contributed by atoms with E-state index in [1.807, 2.05) is 58.2 Å². The van der Waals surface area contributed by atoms with Crippen LogP contribution in [0.5, 0.6) is 0 Å². The molecule has 0 aliphatic rings. The normalized spacial score (nSPS) is 11.4. The van der Waals surface area contributed by atoms with Crippen molar-refractivity contribution in [2.24, 2.45) is 0 Å². The van der Waals surface area contributed by atoms with Gasteiger partial charge in [0.15, 0.2) is 0 Å². The Bertz CT molecular complexity index is 774. The van der Waals surface area contributed by atoms with Crippen molar-refractivity contribution < 1.29 is 19.1 Å². The molecule has 1 N–H and O–H groups in total. The molecule has 0 saturated heterocycles. The lowest BCUT2D eigenvalue weighted by Gasteiger charge is -2.19. The van der Waals surface area contributed by atoms with Gasteiger partial charge in [0.25, 0.3) is 0 Å². The number of carbonyl (C=O) groups is 2. The van der Waals surface area contributed by atoms with Crippen LogP contribution < -0.4 is 5.32 Å². The second-order valence-corrected chi connectivity index (χ2v) is 7.46. The van der Waals surface area contributed by atoms with E-state index in [0.29, 0.717) is 18.7 Å². The van der Waals surface area contributed by atoms with E-state index in [1.54, 1.807) is 0 Å². The average molecular weight is 374 g/mol. The maximum atomic E-state index is 12.2. The van der Waals surface area contributed by atoms with Crippen LogP contribution in [0.2, 0.25) is 0 Å². The van der Waals surface area contributed by atoms with Crippen LogP contribution in [-0.2, 0) is 16.0 Å². The predicted octanol–water partition coefficient (Wildman–Crippen LogP) is 4.51. The van der Waals surface area contributed by atoms with Crippen molar-refractivity contribution in [2.45, 2.75) is 59.1 Å². The number of alkyl carbamates (subject to hydrolysis) is 1. The number of aromatic nitrogens is 1. The number of amides is 1. The van der Waals surface area contributed by atoms with Gasteiger partial charge in [-0.3, -0.25) is 0 Å². The van der Waals surface area contributed by atoms with Crippen molar-refractivity contribution in [3.8, 4) is 0 Å². The largest absolute Gasteiger partial charge is 0.462 e. The molecule has 0 spiro atoms. The van der Waals surface area contributed by atoms with Crippen molar-refractivity contribution >= 4 is 23.0 Å². The van der Waals surface area contributed by atoms with Crippen molar-refractivity contribution in [2.75, 3.05) is 13.2 Å². The minimum Gasteiger partial charge on any atom is -0.462 e. The zero-order chi connectivity index (χ0) is 19.9. The van der Waals surface area contributed by atoms with Gasteiger partial charge in [-0.05, 0) is 53.0 Å². The molecule has 6 heteroatoms. The van der Waals surface area contributed by atoms with Crippen LogP contribution in [0.4, 0.5) is 4.79 Å². The molecule has 6 nitrogen and oxygen atoms in total. The van der Waals surface area contributed by atoms with Crippen LogP contribution in [-0.4, -0.2) is 35.4 Å². The zero-order valence-corrected chi connectivity index (χ0v) is 16.7. The number of carbonyl (C=O) groups excluding carboxylic acids is 2. The summed E-state index contributed by atoms with van der Waals surface area (Å²) in [5, 5.41) is 3.69. The van der Waals surface area contributed by atoms with E-state index >= 15 is 0 Å². The van der Waals surface area contributed by atoms with Gasteiger partial charge in [-0.25, -0.2) is 9.59 Å². The molecule has 0 radical (unpaired) electrons. The number of ether oxygens (including phenoxy) is 2. The van der Waals surface area contributed by atoms with Crippen LogP contribution in [0.25, 0.3) is 10.9 Å². The molecule has 0 fully saturated rings. The Morgan fingerprint density at radius 1 is 1.11 bits per heavy atom. The predicted molar refractivity (Wildman–Crippen MR) is 106 cm³/mol. The minimum atomic E-state index is -0.476. The summed E-state index contributed by atoms with van der Waals surface area (Å²) >= 11 is 0. The number of nitrogens with zero attached hydrogens (tertiary/aromatic N) is 1. The standard InChI is InChI=1S/C21H30N2O4/c1-5-26-19(24)17-15-23(18-12-8-7-11-16(17)18)14-10-6-9-13-22-20(25)27-21(2,3)4/h7-8,11-12,15H,5-6,9-10,13-14H2,1-4H3,(H,22,25). The third-order valence-electron chi connectivity index (χ3n) is 4.03. The molecular formula is C21H30N2O4. The molecule has 0 aliphatic heterocycles. The number of rotatable bonds is 8. The fraction of sp³-hybridized carbons (Fsp3) is 0.524. The average Bonchev–Trinajstić information content (AvgIpc) is 2.96. The molecule has 0 atom stereocenters. The molecule has 1 aromatic carbocycles. The zero-order valence-electron chi connectivity index (χ0n) is 16.7. The SMILES string of the molecule is CCOC(=O)c1cn(CCCCCNC(=O)OC(C)(C)C)c2ccccc12. The summed E-state index contributed by atoms with van der Waals surface area (Å²) in [5.74, 6) is -0.283. The van der Waals surface area contributed by atoms with Gasteiger partial charge < -0.3 is 19.4 Å². The van der Waals surface area contributed by atoms with E-state index in [0.717, 1.165) is 36.7 Å². The summed E-state index contributed by atoms with van der Waals surface area (Å²) in [7, 11) is 0. The molecule has 148 valence electrons. The van der Waals surface area contributed by atoms with Gasteiger partial charge >= 0.3 is 12.1 Å². The molecule has 0 aliphatic carbocycles. The molecule has 27 heavy (non-hydrogen) atoms. The summed E-state index contributed by atoms with van der Waals surface area (Å²) in [5.41, 5.74) is 1.17. The second-order valence-electron chi connectivity index (χ2n) is 7.46. The third-order valence-corrected chi connectivity index (χ3v) is 4.03. The van der Waals surface area contributed by atoms with Crippen LogP contribution in [0, 0.1) is 0 Å². The van der Waals surface area contributed by atoms with E-state index in [9.17, 15) is 9.59 Å². The first kappa shape index (κ1) is 20.8. The Hall–Kier alpha value is -2.50. The first-order valence-electron chi connectivity index (χ1n) is 9.53. The van der Waals surface area contributed by atoms with E-state index < -0.39 is 5.60 Å². The van der Waals surface area contributed by atoms with Crippen molar-refractivity contribution in [3.63, 3.8) is 0 Å². The Balaban J connectivity index is 1.83. The number of nitrogens with one attached hydrogen (secondary N) is 1. The van der Waals surface area contributed by atoms with Gasteiger partial charge in [-0.1, -0.05) is 18.2 Å². The fourth-order valence-electron chi connectivity index (χ4n) is 2.89. The van der Waals surface area contributed by atoms with Crippen LogP contribution >= 0.6 is 0 Å². The topological polar surface area (TPSA) is 69.6 Å². The van der Waals surface area contributed by atoms with Crippen molar-refractivity contribution in [3.05, 3.63) is 36.0 Å². The fourth-order valence-corrected chi connectivity index (χ4v) is 2.89. The maximum Gasteiger partial charge on any atom is 0.407 e. The maximum absolute atomic E-state index is 12.2. The summed E-state index contributed by atoms with van der Waals surface area (Å²) in [4.78, 5) is 23.8. The van der Waals surface area contributed by atoms with Gasteiger partial charge in [-0.15, -0.1) is 0 Å². The monoisotopic (exact) mass is 374 g/mol. The number of para-hydroxylation sites is 1. The molecule has 0 bridgehead atoms. The Labute approximate surface area is 160 Å². The number of unbranched alkanes of at least 4 members (excludes halogenated alkanes) is 2. The van der Waals surface area contributed by atoms with Crippen molar-refractivity contribution in [1.82, 2.24) is 9.88 Å². The summed E-state index contributed by atoms with van der Waals surface area (Å²) in [6.45, 7) is 9.11. The Morgan fingerprint density at radius 2 is 1.85 bits per heavy atom. The molecule has 0 saturated carbocycles. The minimum absolute atomic E-state index is 0.283. The molecule has 1 heterocycles. The number of hydrogen-bond donors (Lipinski definition) is 1. The van der Waals surface area contributed by atoms with Crippen LogP contribution in [0.3, 0.4) is 0 Å². The van der Waals surface area contributed by atoms with E-state index in [-0.39, 0.29) is 12.1 Å². The smallest absolute Gasteiger partial charge is 0.407 e. The molecule has 1 aromatic heterocycles. The van der Waals surface area contributed by atoms with Gasteiger partial charge in [0.05, 0.1) is 12.2 Å². The van der Waals surface area contributed by atoms with Crippen LogP contribution in [0.15, 0.2) is 30.5 Å². The van der Waals surface area contributed by atoms with Gasteiger partial charge in [0.2, 0.25) is 0 Å². The number of hydrogen-bond acceptors (Lipinski definition) is 4. The lowest BCUT2D eigenvalue weighted by molar-refractivity contribution is 0.0517. The first-order chi connectivity index (χ1) is 12.8. The molecule has 1 amide bonds. The second kappa shape index (κ2) is 9.44. The summed E-state index contributed by atoms with van der Waals surface area (Å²) in [6.07, 6.45) is 4.30. The van der Waals surface area contributed by atoms with Crippen molar-refractivity contribution in [1.29, 1.82) is 0 Å². The highest BCUT2D eigenvalue weighted by Crippen LogP contribution is 2.22.